The minimum absolute atomic E-state index is 0.0958. The number of imidazole rings is 1. The van der Waals surface area contributed by atoms with Gasteiger partial charge in [-0.3, -0.25) is 4.40 Å². The molecule has 0 aliphatic heterocycles. The molecule has 1 aromatic carbocycles. The molecule has 18 heavy (non-hydrogen) atoms. The summed E-state index contributed by atoms with van der Waals surface area (Å²) in [6, 6.07) is 7.15. The van der Waals surface area contributed by atoms with E-state index in [1.54, 1.807) is 18.3 Å². The number of hydrogen-bond donors (Lipinski definition) is 1. The highest BCUT2D eigenvalue weighted by molar-refractivity contribution is 7.15. The van der Waals surface area contributed by atoms with Crippen LogP contribution < -0.4 is 0 Å². The van der Waals surface area contributed by atoms with E-state index in [-0.39, 0.29) is 6.61 Å². The molecular weight excluding hydrogens is 250 g/mol. The Bertz CT molecular complexity index is 717. The van der Waals surface area contributed by atoms with E-state index in [0.717, 1.165) is 16.2 Å². The Morgan fingerprint density at radius 1 is 1.39 bits per heavy atom. The molecule has 90 valence electrons. The summed E-state index contributed by atoms with van der Waals surface area (Å²) in [5.74, 6) is 0. The van der Waals surface area contributed by atoms with Crippen LogP contribution in [0, 0.1) is 4.91 Å². The molecule has 0 bridgehead atoms. The molecule has 0 saturated carbocycles. The van der Waals surface area contributed by atoms with Gasteiger partial charge < -0.3 is 5.11 Å². The van der Waals surface area contributed by atoms with E-state index in [1.807, 2.05) is 21.9 Å². The van der Waals surface area contributed by atoms with Crippen LogP contribution in [0.5, 0.6) is 0 Å². The lowest BCUT2D eigenvalue weighted by molar-refractivity contribution is 0.277. The van der Waals surface area contributed by atoms with Gasteiger partial charge in [-0.25, -0.2) is 4.98 Å². The normalized spacial score (nSPS) is 10.9. The van der Waals surface area contributed by atoms with Crippen molar-refractivity contribution in [3.05, 3.63) is 46.4 Å². The molecule has 5 nitrogen and oxygen atoms in total. The van der Waals surface area contributed by atoms with Crippen molar-refractivity contribution in [1.29, 1.82) is 0 Å². The van der Waals surface area contributed by atoms with Gasteiger partial charge in [-0.1, -0.05) is 18.2 Å². The molecule has 6 heteroatoms. The monoisotopic (exact) mass is 259 g/mol. The molecule has 0 saturated heterocycles. The molecule has 0 unspecified atom stereocenters. The second kappa shape index (κ2) is 4.32. The van der Waals surface area contributed by atoms with Crippen molar-refractivity contribution in [2.45, 2.75) is 6.61 Å². The molecule has 0 radical (unpaired) electrons. The van der Waals surface area contributed by atoms with Gasteiger partial charge in [0.1, 0.15) is 5.69 Å². The third kappa shape index (κ3) is 1.62. The van der Waals surface area contributed by atoms with E-state index in [2.05, 4.69) is 10.2 Å². The number of rotatable bonds is 3. The summed E-state index contributed by atoms with van der Waals surface area (Å²) in [6.07, 6.45) is 1.77. The van der Waals surface area contributed by atoms with Crippen molar-refractivity contribution in [3.63, 3.8) is 0 Å². The molecule has 0 fully saturated rings. The molecule has 0 amide bonds. The van der Waals surface area contributed by atoms with E-state index >= 15 is 0 Å². The van der Waals surface area contributed by atoms with E-state index in [4.69, 9.17) is 5.11 Å². The van der Waals surface area contributed by atoms with Gasteiger partial charge in [0.05, 0.1) is 18.0 Å². The molecule has 3 aromatic rings. The highest BCUT2D eigenvalue weighted by Crippen LogP contribution is 2.33. The average Bonchev–Trinajstić information content (AvgIpc) is 2.98. The third-order valence-electron chi connectivity index (χ3n) is 2.70. The number of aliphatic hydroxyl groups excluding tert-OH is 1. The number of thiazole rings is 1. The fraction of sp³-hybridized carbons (Fsp3) is 0.0833. The Kier molecular flexibility index (Phi) is 2.66. The third-order valence-corrected chi connectivity index (χ3v) is 3.54. The summed E-state index contributed by atoms with van der Waals surface area (Å²) in [4.78, 5) is 15.9. The van der Waals surface area contributed by atoms with Crippen molar-refractivity contribution < 1.29 is 5.11 Å². The number of aromatic nitrogens is 2. The molecule has 3 rings (SSSR count). The number of nitrogens with zero attached hydrogens (tertiary/aromatic N) is 3. The molecular formula is C12H9N3O2S. The van der Waals surface area contributed by atoms with Gasteiger partial charge in [-0.15, -0.1) is 16.2 Å². The highest BCUT2D eigenvalue weighted by atomic mass is 32.1. The van der Waals surface area contributed by atoms with E-state index < -0.39 is 0 Å². The van der Waals surface area contributed by atoms with Crippen LogP contribution in [0.15, 0.2) is 41.0 Å². The van der Waals surface area contributed by atoms with Crippen LogP contribution in [0.25, 0.3) is 16.2 Å². The summed E-state index contributed by atoms with van der Waals surface area (Å²) in [5, 5.41) is 14.0. The maximum absolute atomic E-state index is 10.8. The van der Waals surface area contributed by atoms with E-state index in [9.17, 15) is 4.91 Å². The zero-order valence-electron chi connectivity index (χ0n) is 9.28. The second-order valence-corrected chi connectivity index (χ2v) is 4.61. The Hall–Kier alpha value is -2.05. The number of nitroso groups, excluding NO2 is 1. The van der Waals surface area contributed by atoms with Crippen molar-refractivity contribution in [2.75, 3.05) is 0 Å². The van der Waals surface area contributed by atoms with Gasteiger partial charge in [0.25, 0.3) is 0 Å². The van der Waals surface area contributed by atoms with Crippen LogP contribution >= 0.6 is 11.3 Å². The maximum atomic E-state index is 10.8. The number of aliphatic hydroxyl groups is 1. The molecule has 0 spiro atoms. The highest BCUT2D eigenvalue weighted by Gasteiger charge is 2.12. The lowest BCUT2D eigenvalue weighted by atomic mass is 10.1. The van der Waals surface area contributed by atoms with E-state index in [1.165, 1.54) is 11.3 Å². The van der Waals surface area contributed by atoms with E-state index in [0.29, 0.717) is 11.4 Å². The summed E-state index contributed by atoms with van der Waals surface area (Å²) in [5.41, 5.74) is 2.63. The minimum Gasteiger partial charge on any atom is -0.390 e. The van der Waals surface area contributed by atoms with Crippen LogP contribution in [0.4, 0.5) is 5.69 Å². The first-order valence-electron chi connectivity index (χ1n) is 5.32. The van der Waals surface area contributed by atoms with Crippen LogP contribution in [0.3, 0.4) is 0 Å². The molecule has 0 aliphatic rings. The van der Waals surface area contributed by atoms with Crippen molar-refractivity contribution in [3.8, 4) is 11.3 Å². The first-order valence-corrected chi connectivity index (χ1v) is 6.20. The van der Waals surface area contributed by atoms with Crippen LogP contribution in [0.1, 0.15) is 5.69 Å². The lowest BCUT2D eigenvalue weighted by Crippen LogP contribution is -1.85. The van der Waals surface area contributed by atoms with Crippen LogP contribution in [-0.2, 0) is 6.61 Å². The quantitative estimate of drug-likeness (QED) is 0.735. The SMILES string of the molecule is O=Nc1ccccc1-c1csc2nc(CO)cn12. The van der Waals surface area contributed by atoms with Crippen molar-refractivity contribution in [2.24, 2.45) is 5.18 Å². The van der Waals surface area contributed by atoms with Crippen LogP contribution in [0.2, 0.25) is 0 Å². The van der Waals surface area contributed by atoms with Gasteiger partial charge in [-0.2, -0.15) is 0 Å². The van der Waals surface area contributed by atoms with Gasteiger partial charge in [0.2, 0.25) is 0 Å². The summed E-state index contributed by atoms with van der Waals surface area (Å²) < 4.78 is 1.86. The summed E-state index contributed by atoms with van der Waals surface area (Å²) in [6.45, 7) is -0.0958. The fourth-order valence-corrected chi connectivity index (χ4v) is 2.76. The minimum atomic E-state index is -0.0958. The predicted octanol–water partition coefficient (Wildman–Crippen LogP) is 2.95. The number of benzene rings is 1. The number of hydrogen-bond acceptors (Lipinski definition) is 5. The Morgan fingerprint density at radius 2 is 2.22 bits per heavy atom. The smallest absolute Gasteiger partial charge is 0.194 e. The first-order chi connectivity index (χ1) is 8.83. The molecule has 0 aliphatic carbocycles. The van der Waals surface area contributed by atoms with Gasteiger partial charge in [0.15, 0.2) is 4.96 Å². The standard InChI is InChI=1S/C12H9N3O2S/c16-6-8-5-15-11(7-18-12(15)13-8)9-3-1-2-4-10(9)14-17/h1-5,7,16H,6H2. The molecule has 0 atom stereocenters. The van der Waals surface area contributed by atoms with Gasteiger partial charge >= 0.3 is 0 Å². The van der Waals surface area contributed by atoms with Crippen molar-refractivity contribution >= 4 is 22.0 Å². The number of fused-ring (bicyclic) bond motifs is 1. The Balaban J connectivity index is 2.24. The van der Waals surface area contributed by atoms with Gasteiger partial charge in [-0.05, 0) is 11.2 Å². The topological polar surface area (TPSA) is 67.0 Å². The molecule has 2 heterocycles. The Labute approximate surface area is 106 Å². The largest absolute Gasteiger partial charge is 0.390 e. The zero-order valence-corrected chi connectivity index (χ0v) is 10.1. The predicted molar refractivity (Wildman–Crippen MR) is 69.9 cm³/mol. The molecule has 2 aromatic heterocycles. The Morgan fingerprint density at radius 3 is 3.00 bits per heavy atom. The summed E-state index contributed by atoms with van der Waals surface area (Å²) in [7, 11) is 0. The molecule has 1 N–H and O–H groups in total. The second-order valence-electron chi connectivity index (χ2n) is 3.77. The first kappa shape index (κ1) is 11.1. The van der Waals surface area contributed by atoms with Crippen molar-refractivity contribution in [1.82, 2.24) is 9.38 Å². The lowest BCUT2D eigenvalue weighted by Gasteiger charge is -2.01. The maximum Gasteiger partial charge on any atom is 0.194 e. The fourth-order valence-electron chi connectivity index (χ4n) is 1.87. The van der Waals surface area contributed by atoms with Gasteiger partial charge in [0, 0.05) is 17.1 Å². The average molecular weight is 259 g/mol. The van der Waals surface area contributed by atoms with Crippen LogP contribution in [-0.4, -0.2) is 14.5 Å². The zero-order chi connectivity index (χ0) is 12.5. The summed E-state index contributed by atoms with van der Waals surface area (Å²) >= 11 is 1.46.